The van der Waals surface area contributed by atoms with Crippen LogP contribution in [0.1, 0.15) is 38.2 Å². The monoisotopic (exact) mass is 455 g/mol. The highest BCUT2D eigenvalue weighted by Crippen LogP contribution is 2.36. The van der Waals surface area contributed by atoms with Crippen LogP contribution in [0.4, 0.5) is 0 Å². The summed E-state index contributed by atoms with van der Waals surface area (Å²) in [6, 6.07) is 15.3. The molecule has 0 radical (unpaired) electrons. The Balaban J connectivity index is 1.12. The molecule has 5 nitrogen and oxygen atoms in total. The van der Waals surface area contributed by atoms with Gasteiger partial charge in [-0.05, 0) is 74.5 Å². The fraction of sp³-hybridized carbons (Fsp3) is 0.417. The van der Waals surface area contributed by atoms with E-state index in [2.05, 4.69) is 27.3 Å². The topological polar surface area (TPSA) is 54.5 Å². The van der Waals surface area contributed by atoms with E-state index in [0.29, 0.717) is 28.3 Å². The van der Waals surface area contributed by atoms with Crippen molar-refractivity contribution in [2.75, 3.05) is 6.54 Å². The van der Waals surface area contributed by atoms with Gasteiger partial charge in [-0.15, -0.1) is 0 Å². The largest absolute Gasteiger partial charge is 0.431 e. The van der Waals surface area contributed by atoms with E-state index < -0.39 is 0 Å². The van der Waals surface area contributed by atoms with Crippen LogP contribution in [0.2, 0.25) is 5.02 Å². The lowest BCUT2D eigenvalue weighted by atomic mass is 9.97. The number of aromatic nitrogens is 1. The van der Waals surface area contributed by atoms with Crippen molar-refractivity contribution >= 4 is 39.1 Å². The Bertz CT molecular complexity index is 1070. The Kier molecular flexibility index (Phi) is 5.87. The molecular weight excluding hydrogens is 430 g/mol. The van der Waals surface area contributed by atoms with E-state index in [-0.39, 0.29) is 5.91 Å². The van der Waals surface area contributed by atoms with Gasteiger partial charge in [-0.2, -0.15) is 0 Å². The Hall–Kier alpha value is -2.15. The average Bonchev–Trinajstić information content (AvgIpc) is 3.26. The van der Waals surface area contributed by atoms with Crippen LogP contribution in [0.25, 0.3) is 10.2 Å². The standard InChI is InChI=1S/C24H26ClN3O2S/c1-15(29)28-19-5-6-20(28)14-18(13-19)26-11-10-16-2-7-21(8-3-16)30-24-27-22-9-4-17(25)12-23(22)31-24/h2-4,7-9,12,18-20,26H,5-6,10-11,13-14H2,1H3/t18-,19+,20-. The van der Waals surface area contributed by atoms with E-state index in [4.69, 9.17) is 16.3 Å². The lowest BCUT2D eigenvalue weighted by Gasteiger charge is -2.38. The second-order valence-electron chi connectivity index (χ2n) is 8.52. The average molecular weight is 456 g/mol. The quantitative estimate of drug-likeness (QED) is 0.539. The Morgan fingerprint density at radius 2 is 1.94 bits per heavy atom. The number of amides is 1. The van der Waals surface area contributed by atoms with E-state index in [9.17, 15) is 4.79 Å². The molecule has 2 aliphatic heterocycles. The van der Waals surface area contributed by atoms with Crippen LogP contribution < -0.4 is 10.1 Å². The summed E-state index contributed by atoms with van der Waals surface area (Å²) in [7, 11) is 0. The summed E-state index contributed by atoms with van der Waals surface area (Å²) in [6.07, 6.45) is 5.45. The minimum atomic E-state index is 0.239. The number of rotatable bonds is 6. The van der Waals surface area contributed by atoms with Gasteiger partial charge in [0.1, 0.15) is 5.75 Å². The number of fused-ring (bicyclic) bond motifs is 3. The second-order valence-corrected chi connectivity index (χ2v) is 9.95. The predicted octanol–water partition coefficient (Wildman–Crippen LogP) is 5.42. The number of thiazole rings is 1. The van der Waals surface area contributed by atoms with Gasteiger partial charge in [0.2, 0.25) is 5.91 Å². The third-order valence-electron chi connectivity index (χ3n) is 6.40. The van der Waals surface area contributed by atoms with Crippen molar-refractivity contribution in [3.63, 3.8) is 0 Å². The van der Waals surface area contributed by atoms with Crippen molar-refractivity contribution < 1.29 is 9.53 Å². The summed E-state index contributed by atoms with van der Waals surface area (Å²) in [5.74, 6) is 1.03. The van der Waals surface area contributed by atoms with Crippen LogP contribution in [0, 0.1) is 0 Å². The number of nitrogens with one attached hydrogen (secondary N) is 1. The lowest BCUT2D eigenvalue weighted by Crippen LogP contribution is -2.51. The van der Waals surface area contributed by atoms with Crippen LogP contribution in [-0.2, 0) is 11.2 Å². The molecule has 2 bridgehead atoms. The van der Waals surface area contributed by atoms with Gasteiger partial charge in [-0.25, -0.2) is 4.98 Å². The molecule has 2 fully saturated rings. The number of ether oxygens (including phenoxy) is 1. The molecular formula is C24H26ClN3O2S. The third-order valence-corrected chi connectivity index (χ3v) is 7.53. The first-order valence-electron chi connectivity index (χ1n) is 10.9. The zero-order chi connectivity index (χ0) is 21.4. The maximum atomic E-state index is 11.9. The number of hydrogen-bond acceptors (Lipinski definition) is 5. The summed E-state index contributed by atoms with van der Waals surface area (Å²) in [5.41, 5.74) is 2.18. The molecule has 2 saturated heterocycles. The minimum absolute atomic E-state index is 0.239. The van der Waals surface area contributed by atoms with Gasteiger partial charge >= 0.3 is 0 Å². The van der Waals surface area contributed by atoms with Gasteiger partial charge < -0.3 is 15.0 Å². The van der Waals surface area contributed by atoms with Gasteiger partial charge in [0.05, 0.1) is 10.2 Å². The van der Waals surface area contributed by atoms with Gasteiger partial charge in [-0.1, -0.05) is 35.1 Å². The van der Waals surface area contributed by atoms with Gasteiger partial charge in [0.15, 0.2) is 0 Å². The summed E-state index contributed by atoms with van der Waals surface area (Å²) >= 11 is 7.55. The number of carbonyl (C=O) groups excluding carboxylic acids is 1. The van der Waals surface area contributed by atoms with Crippen LogP contribution in [0.15, 0.2) is 42.5 Å². The van der Waals surface area contributed by atoms with Crippen molar-refractivity contribution in [2.45, 2.75) is 57.2 Å². The van der Waals surface area contributed by atoms with Gasteiger partial charge in [-0.3, -0.25) is 4.79 Å². The zero-order valence-corrected chi connectivity index (χ0v) is 19.1. The van der Waals surface area contributed by atoms with Crippen molar-refractivity contribution in [3.8, 4) is 10.9 Å². The van der Waals surface area contributed by atoms with E-state index in [1.165, 1.54) is 16.9 Å². The normalized spacial score (nSPS) is 22.8. The van der Waals surface area contributed by atoms with Crippen molar-refractivity contribution in [1.29, 1.82) is 0 Å². The number of hydrogen-bond donors (Lipinski definition) is 1. The third kappa shape index (κ3) is 4.56. The molecule has 1 aromatic heterocycles. The predicted molar refractivity (Wildman–Crippen MR) is 125 cm³/mol. The summed E-state index contributed by atoms with van der Waals surface area (Å²) in [6.45, 7) is 2.65. The van der Waals surface area contributed by atoms with E-state index >= 15 is 0 Å². The molecule has 7 heteroatoms. The van der Waals surface area contributed by atoms with Crippen LogP contribution in [0.3, 0.4) is 0 Å². The number of benzene rings is 2. The molecule has 0 spiro atoms. The molecule has 5 rings (SSSR count). The lowest BCUT2D eigenvalue weighted by molar-refractivity contribution is -0.133. The molecule has 0 unspecified atom stereocenters. The number of halogens is 1. The Labute approximate surface area is 191 Å². The molecule has 1 amide bonds. The van der Waals surface area contributed by atoms with Gasteiger partial charge in [0.25, 0.3) is 5.19 Å². The number of carbonyl (C=O) groups is 1. The Morgan fingerprint density at radius 3 is 2.65 bits per heavy atom. The smallest absolute Gasteiger partial charge is 0.279 e. The van der Waals surface area contributed by atoms with E-state index in [1.807, 2.05) is 30.3 Å². The Morgan fingerprint density at radius 1 is 1.19 bits per heavy atom. The number of piperidine rings is 1. The van der Waals surface area contributed by atoms with E-state index in [0.717, 1.165) is 54.6 Å². The van der Waals surface area contributed by atoms with E-state index in [1.54, 1.807) is 6.92 Å². The fourth-order valence-electron chi connectivity index (χ4n) is 5.02. The molecule has 1 N–H and O–H groups in total. The maximum absolute atomic E-state index is 11.9. The van der Waals surface area contributed by atoms with Crippen LogP contribution in [0.5, 0.6) is 10.9 Å². The highest BCUT2D eigenvalue weighted by molar-refractivity contribution is 7.20. The molecule has 0 aliphatic carbocycles. The van der Waals surface area contributed by atoms with Crippen molar-refractivity contribution in [3.05, 3.63) is 53.1 Å². The SMILES string of the molecule is CC(=O)N1[C@@H]2CC[C@H]1C[C@@H](NCCc1ccc(Oc3nc4ccc(Cl)cc4s3)cc1)C2. The highest BCUT2D eigenvalue weighted by Gasteiger charge is 2.41. The summed E-state index contributed by atoms with van der Waals surface area (Å²) in [4.78, 5) is 18.5. The molecule has 31 heavy (non-hydrogen) atoms. The highest BCUT2D eigenvalue weighted by atomic mass is 35.5. The first kappa shape index (κ1) is 20.7. The second kappa shape index (κ2) is 8.77. The molecule has 3 atom stereocenters. The van der Waals surface area contributed by atoms with Crippen LogP contribution in [-0.4, -0.2) is 40.5 Å². The maximum Gasteiger partial charge on any atom is 0.279 e. The number of nitrogens with zero attached hydrogens (tertiary/aromatic N) is 2. The molecule has 3 heterocycles. The van der Waals surface area contributed by atoms with Crippen molar-refractivity contribution in [1.82, 2.24) is 15.2 Å². The summed E-state index contributed by atoms with van der Waals surface area (Å²) in [5, 5.41) is 5.05. The minimum Gasteiger partial charge on any atom is -0.431 e. The summed E-state index contributed by atoms with van der Waals surface area (Å²) < 4.78 is 6.96. The molecule has 0 saturated carbocycles. The van der Waals surface area contributed by atoms with Crippen molar-refractivity contribution in [2.24, 2.45) is 0 Å². The van der Waals surface area contributed by atoms with Crippen LogP contribution >= 0.6 is 22.9 Å². The zero-order valence-electron chi connectivity index (χ0n) is 17.5. The fourth-order valence-corrected chi connectivity index (χ4v) is 6.14. The molecule has 2 aliphatic rings. The molecule has 3 aromatic rings. The van der Waals surface area contributed by atoms with Gasteiger partial charge in [0, 0.05) is 30.1 Å². The first-order chi connectivity index (χ1) is 15.0. The molecule has 162 valence electrons. The molecule has 2 aromatic carbocycles. The first-order valence-corrected chi connectivity index (χ1v) is 12.1.